The minimum absolute atomic E-state index is 0.217. The summed E-state index contributed by atoms with van der Waals surface area (Å²) in [6.07, 6.45) is 1.50. The largest absolute Gasteiger partial charge is 0.463 e. The van der Waals surface area contributed by atoms with Gasteiger partial charge in [-0.25, -0.2) is 4.79 Å². The van der Waals surface area contributed by atoms with Crippen LogP contribution in [0.1, 0.15) is 23.0 Å². The Morgan fingerprint density at radius 3 is 2.94 bits per heavy atom. The number of carbonyl (C=O) groups excluding carboxylic acids is 1. The van der Waals surface area contributed by atoms with Gasteiger partial charge in [-0.2, -0.15) is 0 Å². The summed E-state index contributed by atoms with van der Waals surface area (Å²) < 4.78 is 14.9. The van der Waals surface area contributed by atoms with Crippen molar-refractivity contribution in [3.8, 4) is 0 Å². The van der Waals surface area contributed by atoms with Crippen molar-refractivity contribution in [1.29, 1.82) is 0 Å². The molecule has 2 heterocycles. The Kier molecular flexibility index (Phi) is 3.49. The van der Waals surface area contributed by atoms with Crippen LogP contribution in [0.25, 0.3) is 0 Å². The lowest BCUT2D eigenvalue weighted by molar-refractivity contribution is -0.0991. The highest BCUT2D eigenvalue weighted by molar-refractivity contribution is 5.87. The fraction of sp³-hybridized carbons (Fsp3) is 0.583. The lowest BCUT2D eigenvalue weighted by atomic mass is 9.89. The van der Waals surface area contributed by atoms with E-state index in [1.165, 1.54) is 13.4 Å². The number of furan rings is 1. The van der Waals surface area contributed by atoms with E-state index < -0.39 is 5.97 Å². The molecule has 1 aromatic rings. The van der Waals surface area contributed by atoms with E-state index in [-0.39, 0.29) is 11.2 Å². The Morgan fingerprint density at radius 1 is 1.59 bits per heavy atom. The molecule has 5 nitrogen and oxygen atoms in total. The first-order chi connectivity index (χ1) is 8.14. The maximum atomic E-state index is 11.4. The molecule has 1 fully saturated rings. The highest BCUT2D eigenvalue weighted by Gasteiger charge is 2.32. The van der Waals surface area contributed by atoms with Gasteiger partial charge in [-0.1, -0.05) is 6.92 Å². The minimum atomic E-state index is -0.440. The number of ether oxygens (including phenoxy) is 2. The molecule has 0 amide bonds. The molecule has 17 heavy (non-hydrogen) atoms. The van der Waals surface area contributed by atoms with E-state index in [0.29, 0.717) is 6.54 Å². The molecular formula is C12H17NO4. The second kappa shape index (κ2) is 4.89. The number of esters is 1. The number of nitrogens with one attached hydrogen (secondary N) is 1. The lowest BCUT2D eigenvalue weighted by Gasteiger charge is -2.38. The van der Waals surface area contributed by atoms with E-state index in [4.69, 9.17) is 9.15 Å². The first-order valence-corrected chi connectivity index (χ1v) is 5.58. The molecule has 1 N–H and O–H groups in total. The summed E-state index contributed by atoms with van der Waals surface area (Å²) in [5, 5.41) is 3.30. The number of hydrogen-bond acceptors (Lipinski definition) is 5. The molecule has 0 spiro atoms. The fourth-order valence-corrected chi connectivity index (χ4v) is 1.80. The molecule has 1 saturated heterocycles. The zero-order valence-electron chi connectivity index (χ0n) is 10.1. The quantitative estimate of drug-likeness (QED) is 0.782. The van der Waals surface area contributed by atoms with Gasteiger partial charge in [0.25, 0.3) is 0 Å². The van der Waals surface area contributed by atoms with Crippen LogP contribution in [0.3, 0.4) is 0 Å². The van der Waals surface area contributed by atoms with Crippen molar-refractivity contribution in [2.75, 3.05) is 26.9 Å². The average molecular weight is 239 g/mol. The SMILES string of the molecule is COC(=O)c1occc1CNCC1(C)COC1. The fourth-order valence-electron chi connectivity index (χ4n) is 1.80. The smallest absolute Gasteiger partial charge is 0.374 e. The summed E-state index contributed by atoms with van der Waals surface area (Å²) in [4.78, 5) is 11.4. The maximum absolute atomic E-state index is 11.4. The van der Waals surface area contributed by atoms with E-state index >= 15 is 0 Å². The summed E-state index contributed by atoms with van der Waals surface area (Å²) in [5.74, 6) is -0.167. The molecule has 0 saturated carbocycles. The van der Waals surface area contributed by atoms with Gasteiger partial charge in [0.15, 0.2) is 0 Å². The Hall–Kier alpha value is -1.33. The van der Waals surface area contributed by atoms with Gasteiger partial charge in [-0.05, 0) is 6.07 Å². The molecule has 2 rings (SSSR count). The highest BCUT2D eigenvalue weighted by Crippen LogP contribution is 2.25. The van der Waals surface area contributed by atoms with E-state index in [0.717, 1.165) is 25.3 Å². The summed E-state index contributed by atoms with van der Waals surface area (Å²) in [5.41, 5.74) is 1.04. The maximum Gasteiger partial charge on any atom is 0.374 e. The predicted octanol–water partition coefficient (Wildman–Crippen LogP) is 1.19. The number of carbonyl (C=O) groups is 1. The Morgan fingerprint density at radius 2 is 2.35 bits per heavy atom. The molecule has 0 unspecified atom stereocenters. The second-order valence-corrected chi connectivity index (χ2v) is 4.67. The molecular weight excluding hydrogens is 222 g/mol. The highest BCUT2D eigenvalue weighted by atomic mass is 16.5. The topological polar surface area (TPSA) is 60.7 Å². The van der Waals surface area contributed by atoms with E-state index in [2.05, 4.69) is 17.0 Å². The van der Waals surface area contributed by atoms with Crippen molar-refractivity contribution in [3.63, 3.8) is 0 Å². The van der Waals surface area contributed by atoms with Crippen LogP contribution in [0.4, 0.5) is 0 Å². The average Bonchev–Trinajstić information content (AvgIpc) is 2.74. The first kappa shape index (κ1) is 12.1. The summed E-state index contributed by atoms with van der Waals surface area (Å²) in [7, 11) is 1.34. The lowest BCUT2D eigenvalue weighted by Crippen LogP contribution is -2.47. The molecule has 0 radical (unpaired) electrons. The zero-order chi connectivity index (χ0) is 12.3. The Bertz CT molecular complexity index is 395. The second-order valence-electron chi connectivity index (χ2n) is 4.67. The van der Waals surface area contributed by atoms with E-state index in [1.54, 1.807) is 6.07 Å². The summed E-state index contributed by atoms with van der Waals surface area (Å²) >= 11 is 0. The third kappa shape index (κ3) is 2.68. The van der Waals surface area contributed by atoms with Crippen LogP contribution in [0.15, 0.2) is 16.7 Å². The molecule has 0 bridgehead atoms. The van der Waals surface area contributed by atoms with Crippen LogP contribution in [-0.4, -0.2) is 32.8 Å². The van der Waals surface area contributed by atoms with E-state index in [9.17, 15) is 4.79 Å². The molecule has 0 atom stereocenters. The van der Waals surface area contributed by atoms with Crippen molar-refractivity contribution in [2.45, 2.75) is 13.5 Å². The van der Waals surface area contributed by atoms with Crippen molar-refractivity contribution >= 4 is 5.97 Å². The van der Waals surface area contributed by atoms with Crippen molar-refractivity contribution < 1.29 is 18.7 Å². The Balaban J connectivity index is 1.86. The number of rotatable bonds is 5. The Labute approximate surface area is 100 Å². The number of methoxy groups -OCH3 is 1. The van der Waals surface area contributed by atoms with Gasteiger partial charge >= 0.3 is 5.97 Å². The van der Waals surface area contributed by atoms with Gasteiger partial charge in [0.05, 0.1) is 26.6 Å². The summed E-state index contributed by atoms with van der Waals surface area (Å²) in [6.45, 7) is 5.19. The van der Waals surface area contributed by atoms with Gasteiger partial charge in [-0.3, -0.25) is 0 Å². The van der Waals surface area contributed by atoms with Crippen LogP contribution < -0.4 is 5.32 Å². The van der Waals surface area contributed by atoms with Gasteiger partial charge in [0.2, 0.25) is 5.76 Å². The number of hydrogen-bond donors (Lipinski definition) is 1. The third-order valence-electron chi connectivity index (χ3n) is 2.89. The first-order valence-electron chi connectivity index (χ1n) is 5.58. The standard InChI is InChI=1S/C12H17NO4/c1-12(7-16-8-12)6-13-5-9-3-4-17-10(9)11(14)15-2/h3-4,13H,5-8H2,1-2H3. The molecule has 1 aromatic heterocycles. The molecule has 1 aliphatic heterocycles. The monoisotopic (exact) mass is 239 g/mol. The van der Waals surface area contributed by atoms with Gasteiger partial charge < -0.3 is 19.2 Å². The molecule has 0 aliphatic carbocycles. The van der Waals surface area contributed by atoms with Crippen molar-refractivity contribution in [2.24, 2.45) is 5.41 Å². The summed E-state index contributed by atoms with van der Waals surface area (Å²) in [6, 6.07) is 1.78. The van der Waals surface area contributed by atoms with Crippen molar-refractivity contribution in [3.05, 3.63) is 23.7 Å². The van der Waals surface area contributed by atoms with Gasteiger partial charge in [0.1, 0.15) is 0 Å². The molecule has 0 aromatic carbocycles. The molecule has 94 valence electrons. The van der Waals surface area contributed by atoms with E-state index in [1.807, 2.05) is 0 Å². The van der Waals surface area contributed by atoms with Crippen LogP contribution in [-0.2, 0) is 16.0 Å². The van der Waals surface area contributed by atoms with Crippen LogP contribution in [0.2, 0.25) is 0 Å². The van der Waals surface area contributed by atoms with Gasteiger partial charge in [-0.15, -0.1) is 0 Å². The van der Waals surface area contributed by atoms with Crippen LogP contribution in [0.5, 0.6) is 0 Å². The predicted molar refractivity (Wildman–Crippen MR) is 60.7 cm³/mol. The molecule has 1 aliphatic rings. The van der Waals surface area contributed by atoms with Crippen molar-refractivity contribution in [1.82, 2.24) is 5.32 Å². The molecule has 5 heteroatoms. The third-order valence-corrected chi connectivity index (χ3v) is 2.89. The van der Waals surface area contributed by atoms with Crippen LogP contribution in [0, 0.1) is 5.41 Å². The van der Waals surface area contributed by atoms with Crippen LogP contribution >= 0.6 is 0 Å². The normalized spacial score (nSPS) is 17.5. The zero-order valence-corrected chi connectivity index (χ0v) is 10.1. The minimum Gasteiger partial charge on any atom is -0.463 e. The van der Waals surface area contributed by atoms with Gasteiger partial charge in [0, 0.05) is 24.1 Å².